The normalized spacial score (nSPS) is 14.6. The first kappa shape index (κ1) is 29.1. The quantitative estimate of drug-likeness (QED) is 0.219. The second-order valence-corrected chi connectivity index (χ2v) is 11.5. The van der Waals surface area contributed by atoms with Crippen LogP contribution in [0.1, 0.15) is 29.6 Å². The predicted octanol–water partition coefficient (Wildman–Crippen LogP) is 4.59. The number of anilines is 1. The summed E-state index contributed by atoms with van der Waals surface area (Å²) < 4.78 is 29.4. The van der Waals surface area contributed by atoms with Gasteiger partial charge in [-0.15, -0.1) is 0 Å². The molecule has 0 saturated carbocycles. The van der Waals surface area contributed by atoms with Crippen molar-refractivity contribution in [3.8, 4) is 17.2 Å². The molecular formula is C33H38FN5O4. The van der Waals surface area contributed by atoms with Crippen LogP contribution in [0.2, 0.25) is 0 Å². The number of rotatable bonds is 11. The van der Waals surface area contributed by atoms with E-state index >= 15 is 4.39 Å². The third-order valence-corrected chi connectivity index (χ3v) is 8.11. The molecule has 1 fully saturated rings. The first-order valence-corrected chi connectivity index (χ1v) is 15.0. The Bertz CT molecular complexity index is 1710. The van der Waals surface area contributed by atoms with E-state index in [1.807, 2.05) is 50.5 Å². The molecule has 226 valence electrons. The Kier molecular flexibility index (Phi) is 8.60. The molecule has 0 spiro atoms. The van der Waals surface area contributed by atoms with Crippen molar-refractivity contribution < 1.29 is 18.7 Å². The van der Waals surface area contributed by atoms with Crippen molar-refractivity contribution in [2.24, 2.45) is 0 Å². The highest BCUT2D eigenvalue weighted by Gasteiger charge is 2.29. The number of morpholine rings is 1. The average Bonchev–Trinajstić information content (AvgIpc) is 3.00. The lowest BCUT2D eigenvalue weighted by molar-refractivity contribution is 0.0378. The number of unbranched alkanes of at least 4 members (excludes halogenated alkanes) is 1. The van der Waals surface area contributed by atoms with Crippen LogP contribution in [-0.4, -0.2) is 86.9 Å². The van der Waals surface area contributed by atoms with E-state index in [4.69, 9.17) is 9.47 Å². The minimum atomic E-state index is -0.594. The Morgan fingerprint density at radius 1 is 1.02 bits per heavy atom. The molecule has 10 heteroatoms. The van der Waals surface area contributed by atoms with E-state index in [9.17, 15) is 9.59 Å². The smallest absolute Gasteiger partial charge is 0.256 e. The molecule has 2 N–H and O–H groups in total. The molecular weight excluding hydrogens is 549 g/mol. The number of halogens is 1. The minimum absolute atomic E-state index is 0.0299. The van der Waals surface area contributed by atoms with Gasteiger partial charge in [-0.1, -0.05) is 24.3 Å². The van der Waals surface area contributed by atoms with Crippen molar-refractivity contribution in [3.63, 3.8) is 0 Å². The molecule has 0 bridgehead atoms. The van der Waals surface area contributed by atoms with Gasteiger partial charge < -0.3 is 29.6 Å². The van der Waals surface area contributed by atoms with Gasteiger partial charge in [0.05, 0.1) is 24.3 Å². The molecule has 0 aliphatic carbocycles. The molecule has 3 heterocycles. The third-order valence-electron chi connectivity index (χ3n) is 8.11. The molecule has 3 aromatic carbocycles. The van der Waals surface area contributed by atoms with Crippen LogP contribution in [0.3, 0.4) is 0 Å². The summed E-state index contributed by atoms with van der Waals surface area (Å²) in [5, 5.41) is 8.18. The Hall–Kier alpha value is -3.99. The van der Waals surface area contributed by atoms with Gasteiger partial charge in [0.15, 0.2) is 17.3 Å². The zero-order valence-corrected chi connectivity index (χ0v) is 24.7. The van der Waals surface area contributed by atoms with Gasteiger partial charge in [-0.05, 0) is 75.4 Å². The van der Waals surface area contributed by atoms with E-state index in [0.29, 0.717) is 30.0 Å². The van der Waals surface area contributed by atoms with Gasteiger partial charge in [-0.2, -0.15) is 0 Å². The SMILES string of the molecule is CN(C)CCCCNC(=O)c1cn2c3c(c(NCCCN4CCOCC4)c(F)cc3c1=O)Oc1cc3ccccc3cc1-2. The Morgan fingerprint density at radius 2 is 1.79 bits per heavy atom. The maximum absolute atomic E-state index is 15.8. The highest BCUT2D eigenvalue weighted by Crippen LogP contribution is 2.46. The van der Waals surface area contributed by atoms with Crippen LogP contribution >= 0.6 is 0 Å². The van der Waals surface area contributed by atoms with Gasteiger partial charge in [0.2, 0.25) is 5.43 Å². The van der Waals surface area contributed by atoms with Crippen molar-refractivity contribution in [1.82, 2.24) is 19.7 Å². The van der Waals surface area contributed by atoms with Gasteiger partial charge in [-0.25, -0.2) is 4.39 Å². The van der Waals surface area contributed by atoms with Crippen molar-refractivity contribution in [3.05, 3.63) is 70.3 Å². The number of benzene rings is 3. The van der Waals surface area contributed by atoms with Crippen molar-refractivity contribution >= 4 is 33.3 Å². The van der Waals surface area contributed by atoms with E-state index in [-0.39, 0.29) is 22.4 Å². The topological polar surface area (TPSA) is 88.1 Å². The molecule has 6 rings (SSSR count). The summed E-state index contributed by atoms with van der Waals surface area (Å²) in [4.78, 5) is 31.4. The highest BCUT2D eigenvalue weighted by molar-refractivity contribution is 6.02. The number of carbonyl (C=O) groups is 1. The molecule has 2 aliphatic rings. The van der Waals surface area contributed by atoms with Gasteiger partial charge >= 0.3 is 0 Å². The van der Waals surface area contributed by atoms with E-state index in [2.05, 4.69) is 20.4 Å². The fourth-order valence-electron chi connectivity index (χ4n) is 5.82. The second kappa shape index (κ2) is 12.7. The van der Waals surface area contributed by atoms with Crippen LogP contribution in [0.4, 0.5) is 10.1 Å². The zero-order valence-electron chi connectivity index (χ0n) is 24.7. The molecule has 0 unspecified atom stereocenters. The Balaban J connectivity index is 1.37. The summed E-state index contributed by atoms with van der Waals surface area (Å²) >= 11 is 0. The van der Waals surface area contributed by atoms with Crippen LogP contribution in [0, 0.1) is 5.82 Å². The van der Waals surface area contributed by atoms with E-state index in [1.54, 1.807) is 10.8 Å². The van der Waals surface area contributed by atoms with E-state index < -0.39 is 17.2 Å². The first-order valence-electron chi connectivity index (χ1n) is 15.0. The van der Waals surface area contributed by atoms with Crippen LogP contribution in [-0.2, 0) is 4.74 Å². The summed E-state index contributed by atoms with van der Waals surface area (Å²) in [6.07, 6.45) is 4.08. The number of amides is 1. The number of hydrogen-bond donors (Lipinski definition) is 2. The number of aromatic nitrogens is 1. The van der Waals surface area contributed by atoms with Crippen molar-refractivity contribution in [2.75, 3.05) is 71.9 Å². The molecule has 4 aromatic rings. The number of nitrogens with one attached hydrogen (secondary N) is 2. The number of fused-ring (bicyclic) bond motifs is 3. The molecule has 2 aliphatic heterocycles. The van der Waals surface area contributed by atoms with Crippen LogP contribution < -0.4 is 20.8 Å². The number of ether oxygens (including phenoxy) is 2. The molecule has 1 aromatic heterocycles. The Morgan fingerprint density at radius 3 is 2.56 bits per heavy atom. The van der Waals surface area contributed by atoms with E-state index in [1.165, 1.54) is 6.07 Å². The summed E-state index contributed by atoms with van der Waals surface area (Å²) in [5.74, 6) is -0.297. The maximum Gasteiger partial charge on any atom is 0.256 e. The summed E-state index contributed by atoms with van der Waals surface area (Å²) in [5.41, 5.74) is 0.773. The Labute approximate surface area is 250 Å². The zero-order chi connectivity index (χ0) is 29.9. The standard InChI is InChI=1S/C33H38FN5O4/c1-37(2)12-6-5-10-36-33(41)25-21-39-27-18-22-8-3-4-9-23(22)19-28(27)43-32-29(26(34)20-24(30(32)39)31(25)40)35-11-7-13-38-14-16-42-17-15-38/h3-4,8-9,18-21,35H,5-7,10-17H2,1-2H3,(H,36,41). The summed E-state index contributed by atoms with van der Waals surface area (Å²) in [6, 6.07) is 13.0. The molecule has 43 heavy (non-hydrogen) atoms. The third kappa shape index (κ3) is 6.08. The number of hydrogen-bond acceptors (Lipinski definition) is 7. The number of nitrogens with zero attached hydrogens (tertiary/aromatic N) is 3. The molecule has 0 radical (unpaired) electrons. The lowest BCUT2D eigenvalue weighted by atomic mass is 10.0. The minimum Gasteiger partial charge on any atom is -0.451 e. The number of pyridine rings is 1. The van der Waals surface area contributed by atoms with Gasteiger partial charge in [0.1, 0.15) is 16.8 Å². The predicted molar refractivity (Wildman–Crippen MR) is 168 cm³/mol. The summed E-state index contributed by atoms with van der Waals surface area (Å²) in [6.45, 7) is 5.99. The highest BCUT2D eigenvalue weighted by atomic mass is 19.1. The summed E-state index contributed by atoms with van der Waals surface area (Å²) in [7, 11) is 4.01. The lowest BCUT2D eigenvalue weighted by Crippen LogP contribution is -2.37. The van der Waals surface area contributed by atoms with Gasteiger partial charge in [-0.3, -0.25) is 14.5 Å². The van der Waals surface area contributed by atoms with Crippen molar-refractivity contribution in [1.29, 1.82) is 0 Å². The number of carbonyl (C=O) groups excluding carboxylic acids is 1. The average molecular weight is 588 g/mol. The van der Waals surface area contributed by atoms with Crippen LogP contribution in [0.15, 0.2) is 53.5 Å². The molecule has 1 amide bonds. The van der Waals surface area contributed by atoms with Crippen LogP contribution in [0.5, 0.6) is 11.5 Å². The van der Waals surface area contributed by atoms with Crippen LogP contribution in [0.25, 0.3) is 27.4 Å². The fraction of sp³-hybridized carbons (Fsp3) is 0.394. The molecule has 9 nitrogen and oxygen atoms in total. The maximum atomic E-state index is 15.8. The largest absolute Gasteiger partial charge is 0.451 e. The molecule has 0 atom stereocenters. The monoisotopic (exact) mass is 587 g/mol. The van der Waals surface area contributed by atoms with E-state index in [0.717, 1.165) is 69.4 Å². The van der Waals surface area contributed by atoms with Gasteiger partial charge in [0, 0.05) is 32.4 Å². The lowest BCUT2D eigenvalue weighted by Gasteiger charge is -2.28. The fourth-order valence-corrected chi connectivity index (χ4v) is 5.82. The molecule has 1 saturated heterocycles. The second-order valence-electron chi connectivity index (χ2n) is 11.5. The first-order chi connectivity index (χ1) is 20.9. The van der Waals surface area contributed by atoms with Gasteiger partial charge in [0.25, 0.3) is 5.91 Å². The van der Waals surface area contributed by atoms with Crippen molar-refractivity contribution in [2.45, 2.75) is 19.3 Å².